The van der Waals surface area contributed by atoms with Gasteiger partial charge in [0.1, 0.15) is 0 Å². The zero-order chi connectivity index (χ0) is 9.42. The number of ether oxygens (including phenoxy) is 1. The summed E-state index contributed by atoms with van der Waals surface area (Å²) in [5.41, 5.74) is 5.90. The van der Waals surface area contributed by atoms with Gasteiger partial charge in [-0.25, -0.2) is 4.98 Å². The van der Waals surface area contributed by atoms with Gasteiger partial charge in [-0.3, -0.25) is 4.79 Å². The van der Waals surface area contributed by atoms with Gasteiger partial charge in [-0.1, -0.05) is 0 Å². The first-order valence-electron chi connectivity index (χ1n) is 3.69. The molecule has 0 aliphatic carbocycles. The second kappa shape index (κ2) is 2.58. The number of amides is 1. The van der Waals surface area contributed by atoms with Crippen molar-refractivity contribution in [1.82, 2.24) is 9.55 Å². The molecule has 1 aliphatic heterocycles. The average molecular weight is 180 g/mol. The molecule has 0 saturated carbocycles. The summed E-state index contributed by atoms with van der Waals surface area (Å²) in [5, 5.41) is 0. The average Bonchev–Trinajstić information content (AvgIpc) is 2.58. The van der Waals surface area contributed by atoms with Gasteiger partial charge in [0.15, 0.2) is 0 Å². The summed E-state index contributed by atoms with van der Waals surface area (Å²) in [4.78, 5) is 18.5. The summed E-state index contributed by atoms with van der Waals surface area (Å²) in [6.07, 6.45) is 2.41. The number of rotatable bonds is 1. The zero-order valence-electron chi connectivity index (χ0n) is 6.97. The monoisotopic (exact) mass is 180 g/mol. The second-order valence-electron chi connectivity index (χ2n) is 2.72. The standard InChI is InChI=1S/C7H8N4O2/c1-11-3-9-2-4(11)5-6(12)10-7(8)13-5/h2-3,5H,1H3,(H2,8,10,12). The number of hydrogen-bond acceptors (Lipinski definition) is 4. The summed E-state index contributed by atoms with van der Waals surface area (Å²) in [6, 6.07) is -0.0869. The van der Waals surface area contributed by atoms with E-state index in [2.05, 4.69) is 9.98 Å². The van der Waals surface area contributed by atoms with Gasteiger partial charge >= 0.3 is 0 Å². The van der Waals surface area contributed by atoms with Crippen LogP contribution in [0.4, 0.5) is 0 Å². The van der Waals surface area contributed by atoms with Crippen molar-refractivity contribution in [3.05, 3.63) is 18.2 Å². The fourth-order valence-corrected chi connectivity index (χ4v) is 1.17. The highest BCUT2D eigenvalue weighted by Crippen LogP contribution is 2.21. The van der Waals surface area contributed by atoms with Crippen molar-refractivity contribution >= 4 is 11.9 Å². The van der Waals surface area contributed by atoms with E-state index in [4.69, 9.17) is 10.5 Å². The third kappa shape index (κ3) is 1.16. The Bertz CT molecular complexity index is 382. The minimum atomic E-state index is -0.729. The molecule has 0 saturated heterocycles. The minimum absolute atomic E-state index is 0.0869. The fourth-order valence-electron chi connectivity index (χ4n) is 1.17. The molecule has 0 spiro atoms. The Labute approximate surface area is 74.0 Å². The van der Waals surface area contributed by atoms with Crippen molar-refractivity contribution in [2.24, 2.45) is 17.8 Å². The molecule has 0 bridgehead atoms. The molecule has 0 aromatic carbocycles. The molecule has 1 atom stereocenters. The number of aryl methyl sites for hydroxylation is 1. The number of carbonyl (C=O) groups excluding carboxylic acids is 1. The lowest BCUT2D eigenvalue weighted by atomic mass is 10.2. The van der Waals surface area contributed by atoms with Crippen LogP contribution >= 0.6 is 0 Å². The SMILES string of the molecule is Cn1cncc1C1OC(N)=NC1=O. The Hall–Kier alpha value is -1.85. The van der Waals surface area contributed by atoms with Crippen LogP contribution in [0.15, 0.2) is 17.5 Å². The van der Waals surface area contributed by atoms with Gasteiger partial charge in [0.25, 0.3) is 11.9 Å². The van der Waals surface area contributed by atoms with Gasteiger partial charge in [-0.15, -0.1) is 0 Å². The maximum absolute atomic E-state index is 11.2. The van der Waals surface area contributed by atoms with Crippen LogP contribution in [0.3, 0.4) is 0 Å². The molecule has 1 aromatic rings. The Morgan fingerprint density at radius 3 is 2.92 bits per heavy atom. The Morgan fingerprint density at radius 2 is 2.46 bits per heavy atom. The molecule has 13 heavy (non-hydrogen) atoms. The van der Waals surface area contributed by atoms with E-state index in [-0.39, 0.29) is 11.9 Å². The molecular weight excluding hydrogens is 172 g/mol. The molecule has 2 N–H and O–H groups in total. The number of amidine groups is 1. The van der Waals surface area contributed by atoms with Crippen LogP contribution < -0.4 is 5.73 Å². The Balaban J connectivity index is 2.31. The lowest BCUT2D eigenvalue weighted by molar-refractivity contribution is -0.123. The van der Waals surface area contributed by atoms with E-state index >= 15 is 0 Å². The summed E-state index contributed by atoms with van der Waals surface area (Å²) >= 11 is 0. The number of nitrogens with zero attached hydrogens (tertiary/aromatic N) is 3. The first kappa shape index (κ1) is 7.78. The smallest absolute Gasteiger partial charge is 0.297 e. The molecule has 1 aliphatic rings. The van der Waals surface area contributed by atoms with Crippen LogP contribution in [0.1, 0.15) is 11.8 Å². The third-order valence-corrected chi connectivity index (χ3v) is 1.81. The van der Waals surface area contributed by atoms with E-state index in [9.17, 15) is 4.79 Å². The van der Waals surface area contributed by atoms with Gasteiger partial charge in [0.2, 0.25) is 6.10 Å². The zero-order valence-corrected chi connectivity index (χ0v) is 6.97. The highest BCUT2D eigenvalue weighted by molar-refractivity contribution is 5.98. The minimum Gasteiger partial charge on any atom is -0.445 e. The Kier molecular flexibility index (Phi) is 1.54. The van der Waals surface area contributed by atoms with Crippen molar-refractivity contribution in [1.29, 1.82) is 0 Å². The van der Waals surface area contributed by atoms with Gasteiger partial charge < -0.3 is 15.0 Å². The van der Waals surface area contributed by atoms with E-state index in [1.807, 2.05) is 0 Å². The van der Waals surface area contributed by atoms with Gasteiger partial charge in [-0.05, 0) is 0 Å². The third-order valence-electron chi connectivity index (χ3n) is 1.81. The van der Waals surface area contributed by atoms with Crippen LogP contribution in [0, 0.1) is 0 Å². The van der Waals surface area contributed by atoms with Crippen LogP contribution in [0.2, 0.25) is 0 Å². The lowest BCUT2D eigenvalue weighted by Crippen LogP contribution is -2.15. The molecule has 1 unspecified atom stereocenters. The predicted molar refractivity (Wildman–Crippen MR) is 43.7 cm³/mol. The largest absolute Gasteiger partial charge is 0.445 e. The molecule has 1 amide bonds. The highest BCUT2D eigenvalue weighted by atomic mass is 16.5. The molecular formula is C7H8N4O2. The number of imidazole rings is 1. The molecule has 0 fully saturated rings. The lowest BCUT2D eigenvalue weighted by Gasteiger charge is -2.07. The van der Waals surface area contributed by atoms with Crippen LogP contribution in [-0.4, -0.2) is 21.5 Å². The van der Waals surface area contributed by atoms with Crippen molar-refractivity contribution in [2.45, 2.75) is 6.10 Å². The van der Waals surface area contributed by atoms with E-state index in [0.29, 0.717) is 5.69 Å². The number of aromatic nitrogens is 2. The van der Waals surface area contributed by atoms with E-state index in [1.54, 1.807) is 24.1 Å². The summed E-state index contributed by atoms with van der Waals surface area (Å²) in [7, 11) is 1.77. The second-order valence-corrected chi connectivity index (χ2v) is 2.72. The first-order valence-corrected chi connectivity index (χ1v) is 3.69. The highest BCUT2D eigenvalue weighted by Gasteiger charge is 2.31. The quantitative estimate of drug-likeness (QED) is 0.621. The molecule has 2 rings (SSSR count). The molecule has 6 heteroatoms. The molecule has 68 valence electrons. The van der Waals surface area contributed by atoms with Gasteiger partial charge in [0.05, 0.1) is 18.2 Å². The normalized spacial score (nSPS) is 21.5. The van der Waals surface area contributed by atoms with Crippen LogP contribution in [0.25, 0.3) is 0 Å². The number of nitrogens with two attached hydrogens (primary N) is 1. The van der Waals surface area contributed by atoms with Crippen LogP contribution in [0.5, 0.6) is 0 Å². The van der Waals surface area contributed by atoms with Crippen molar-refractivity contribution < 1.29 is 9.53 Å². The van der Waals surface area contributed by atoms with Crippen molar-refractivity contribution in [3.63, 3.8) is 0 Å². The number of aliphatic imine (C=N–C) groups is 1. The topological polar surface area (TPSA) is 82.5 Å². The van der Waals surface area contributed by atoms with Crippen LogP contribution in [-0.2, 0) is 16.6 Å². The number of hydrogen-bond donors (Lipinski definition) is 1. The van der Waals surface area contributed by atoms with Gasteiger partial charge in [0, 0.05) is 7.05 Å². The van der Waals surface area contributed by atoms with E-state index in [1.165, 1.54) is 0 Å². The molecule has 0 radical (unpaired) electrons. The van der Waals surface area contributed by atoms with Crippen molar-refractivity contribution in [2.75, 3.05) is 0 Å². The maximum Gasteiger partial charge on any atom is 0.297 e. The molecule has 2 heterocycles. The first-order chi connectivity index (χ1) is 6.18. The summed E-state index contributed by atoms with van der Waals surface area (Å²) in [5.74, 6) is -0.388. The van der Waals surface area contributed by atoms with E-state index < -0.39 is 6.10 Å². The van der Waals surface area contributed by atoms with E-state index in [0.717, 1.165) is 0 Å². The summed E-state index contributed by atoms with van der Waals surface area (Å²) < 4.78 is 6.71. The van der Waals surface area contributed by atoms with Crippen molar-refractivity contribution in [3.8, 4) is 0 Å². The predicted octanol–water partition coefficient (Wildman–Crippen LogP) is -0.667. The maximum atomic E-state index is 11.2. The Morgan fingerprint density at radius 1 is 1.69 bits per heavy atom. The fraction of sp³-hybridized carbons (Fsp3) is 0.286. The number of carbonyl (C=O) groups is 1. The van der Waals surface area contributed by atoms with Gasteiger partial charge in [-0.2, -0.15) is 4.99 Å². The molecule has 6 nitrogen and oxygen atoms in total. The molecule has 1 aromatic heterocycles. The summed E-state index contributed by atoms with van der Waals surface area (Å²) in [6.45, 7) is 0.